The van der Waals surface area contributed by atoms with E-state index in [1.165, 1.54) is 0 Å². The molecule has 110 valence electrons. The highest BCUT2D eigenvalue weighted by Gasteiger charge is 2.10. The largest absolute Gasteiger partial charge is 0.322 e. The van der Waals surface area contributed by atoms with Gasteiger partial charge in [0.15, 0.2) is 0 Å². The first kappa shape index (κ1) is 13.5. The van der Waals surface area contributed by atoms with Gasteiger partial charge in [0.05, 0.1) is 5.52 Å². The molecule has 3 nitrogen and oxygen atoms in total. The van der Waals surface area contributed by atoms with Crippen LogP contribution < -0.4 is 5.32 Å². The molecule has 1 heterocycles. The molecule has 0 spiro atoms. The van der Waals surface area contributed by atoms with Gasteiger partial charge in [-0.05, 0) is 41.1 Å². The number of carbonyl (C=O) groups is 1. The average Bonchev–Trinajstić information content (AvgIpc) is 2.61. The molecule has 1 N–H and O–H groups in total. The van der Waals surface area contributed by atoms with E-state index in [-0.39, 0.29) is 5.91 Å². The zero-order valence-corrected chi connectivity index (χ0v) is 12.4. The number of nitrogens with zero attached hydrogens (tertiary/aromatic N) is 1. The summed E-state index contributed by atoms with van der Waals surface area (Å²) >= 11 is 0. The van der Waals surface area contributed by atoms with E-state index >= 15 is 0 Å². The molecule has 23 heavy (non-hydrogen) atoms. The maximum atomic E-state index is 12.6. The molecule has 0 aliphatic rings. The zero-order valence-electron chi connectivity index (χ0n) is 12.4. The SMILES string of the molecule is O=C(Nc1ccc2ncccc2c1)c1cccc2ccccc12. The minimum Gasteiger partial charge on any atom is -0.322 e. The molecule has 1 amide bonds. The Morgan fingerprint density at radius 3 is 2.61 bits per heavy atom. The Morgan fingerprint density at radius 1 is 0.826 bits per heavy atom. The molecule has 4 rings (SSSR count). The van der Waals surface area contributed by atoms with Gasteiger partial charge in [-0.2, -0.15) is 0 Å². The Labute approximate surface area is 133 Å². The summed E-state index contributed by atoms with van der Waals surface area (Å²) in [5.74, 6) is -0.106. The van der Waals surface area contributed by atoms with E-state index in [0.29, 0.717) is 5.56 Å². The van der Waals surface area contributed by atoms with Crippen molar-refractivity contribution in [3.8, 4) is 0 Å². The number of anilines is 1. The van der Waals surface area contributed by atoms with Crippen LogP contribution in [-0.2, 0) is 0 Å². The number of pyridine rings is 1. The third kappa shape index (κ3) is 2.53. The molecule has 0 unspecified atom stereocenters. The van der Waals surface area contributed by atoms with Gasteiger partial charge in [0, 0.05) is 22.8 Å². The van der Waals surface area contributed by atoms with E-state index in [4.69, 9.17) is 0 Å². The van der Waals surface area contributed by atoms with E-state index in [9.17, 15) is 4.79 Å². The molecule has 4 aromatic rings. The van der Waals surface area contributed by atoms with Crippen molar-refractivity contribution < 1.29 is 4.79 Å². The van der Waals surface area contributed by atoms with Crippen molar-refractivity contribution in [3.63, 3.8) is 0 Å². The molecule has 0 aliphatic heterocycles. The fourth-order valence-corrected chi connectivity index (χ4v) is 2.78. The van der Waals surface area contributed by atoms with Gasteiger partial charge in [-0.1, -0.05) is 42.5 Å². The summed E-state index contributed by atoms with van der Waals surface area (Å²) in [4.78, 5) is 16.9. The molecule has 0 fully saturated rings. The van der Waals surface area contributed by atoms with Crippen molar-refractivity contribution in [2.45, 2.75) is 0 Å². The highest BCUT2D eigenvalue weighted by molar-refractivity contribution is 6.13. The smallest absolute Gasteiger partial charge is 0.256 e. The zero-order chi connectivity index (χ0) is 15.6. The van der Waals surface area contributed by atoms with E-state index < -0.39 is 0 Å². The summed E-state index contributed by atoms with van der Waals surface area (Å²) in [6, 6.07) is 23.2. The molecule has 1 aromatic heterocycles. The van der Waals surface area contributed by atoms with Crippen LogP contribution in [0.25, 0.3) is 21.7 Å². The fraction of sp³-hybridized carbons (Fsp3) is 0. The van der Waals surface area contributed by atoms with Crippen LogP contribution in [0.2, 0.25) is 0 Å². The van der Waals surface area contributed by atoms with Crippen LogP contribution in [0.5, 0.6) is 0 Å². The molecular formula is C20H14N2O. The van der Waals surface area contributed by atoms with Gasteiger partial charge in [-0.15, -0.1) is 0 Å². The molecule has 0 saturated carbocycles. The first-order chi connectivity index (χ1) is 11.3. The second-order valence-electron chi connectivity index (χ2n) is 5.39. The van der Waals surface area contributed by atoms with Crippen molar-refractivity contribution >= 4 is 33.3 Å². The summed E-state index contributed by atoms with van der Waals surface area (Å²) in [6.07, 6.45) is 1.76. The van der Waals surface area contributed by atoms with Crippen LogP contribution in [0, 0.1) is 0 Å². The number of benzene rings is 3. The molecule has 3 aromatic carbocycles. The molecule has 0 aliphatic carbocycles. The highest BCUT2D eigenvalue weighted by Crippen LogP contribution is 2.21. The van der Waals surface area contributed by atoms with Crippen molar-refractivity contribution in [2.75, 3.05) is 5.32 Å². The van der Waals surface area contributed by atoms with E-state index in [0.717, 1.165) is 27.4 Å². The molecule has 0 bridgehead atoms. The number of hydrogen-bond donors (Lipinski definition) is 1. The predicted octanol–water partition coefficient (Wildman–Crippen LogP) is 4.64. The normalized spacial score (nSPS) is 10.8. The number of hydrogen-bond acceptors (Lipinski definition) is 2. The van der Waals surface area contributed by atoms with E-state index in [1.54, 1.807) is 6.20 Å². The van der Waals surface area contributed by atoms with Crippen molar-refractivity contribution in [1.29, 1.82) is 0 Å². The van der Waals surface area contributed by atoms with Crippen LogP contribution in [0.1, 0.15) is 10.4 Å². The summed E-state index contributed by atoms with van der Waals surface area (Å²) in [6.45, 7) is 0. The van der Waals surface area contributed by atoms with Crippen LogP contribution in [0.15, 0.2) is 79.0 Å². The standard InChI is InChI=1S/C20H14N2O/c23-20(18-9-3-6-14-5-1-2-8-17(14)18)22-16-10-11-19-15(13-16)7-4-12-21-19/h1-13H,(H,22,23). The first-order valence-electron chi connectivity index (χ1n) is 7.45. The number of amides is 1. The lowest BCUT2D eigenvalue weighted by Gasteiger charge is -2.09. The Hall–Kier alpha value is -3.20. The van der Waals surface area contributed by atoms with E-state index in [1.807, 2.05) is 72.8 Å². The Bertz CT molecular complexity index is 1020. The van der Waals surface area contributed by atoms with Gasteiger partial charge >= 0.3 is 0 Å². The second-order valence-corrected chi connectivity index (χ2v) is 5.39. The fourth-order valence-electron chi connectivity index (χ4n) is 2.78. The third-order valence-corrected chi connectivity index (χ3v) is 3.90. The number of fused-ring (bicyclic) bond motifs is 2. The average molecular weight is 298 g/mol. The van der Waals surface area contributed by atoms with Crippen LogP contribution in [-0.4, -0.2) is 10.9 Å². The van der Waals surface area contributed by atoms with Gasteiger partial charge in [0.25, 0.3) is 5.91 Å². The summed E-state index contributed by atoms with van der Waals surface area (Å²) < 4.78 is 0. The third-order valence-electron chi connectivity index (χ3n) is 3.90. The molecular weight excluding hydrogens is 284 g/mol. The molecule has 0 atom stereocenters. The maximum absolute atomic E-state index is 12.6. The molecule has 0 radical (unpaired) electrons. The summed E-state index contributed by atoms with van der Waals surface area (Å²) in [5.41, 5.74) is 2.36. The maximum Gasteiger partial charge on any atom is 0.256 e. The van der Waals surface area contributed by atoms with Gasteiger partial charge in [0.1, 0.15) is 0 Å². The summed E-state index contributed by atoms with van der Waals surface area (Å²) in [7, 11) is 0. The lowest BCUT2D eigenvalue weighted by Crippen LogP contribution is -2.12. The monoisotopic (exact) mass is 298 g/mol. The van der Waals surface area contributed by atoms with Gasteiger partial charge in [-0.3, -0.25) is 9.78 Å². The predicted molar refractivity (Wildman–Crippen MR) is 93.6 cm³/mol. The Morgan fingerprint density at radius 2 is 1.65 bits per heavy atom. The first-order valence-corrected chi connectivity index (χ1v) is 7.45. The lowest BCUT2D eigenvalue weighted by atomic mass is 10.0. The summed E-state index contributed by atoms with van der Waals surface area (Å²) in [5, 5.41) is 5.99. The van der Waals surface area contributed by atoms with Gasteiger partial charge in [-0.25, -0.2) is 0 Å². The Balaban J connectivity index is 1.70. The van der Waals surface area contributed by atoms with Crippen molar-refractivity contribution in [3.05, 3.63) is 84.6 Å². The van der Waals surface area contributed by atoms with Crippen LogP contribution in [0.3, 0.4) is 0 Å². The van der Waals surface area contributed by atoms with Crippen molar-refractivity contribution in [2.24, 2.45) is 0 Å². The lowest BCUT2D eigenvalue weighted by molar-refractivity contribution is 0.102. The van der Waals surface area contributed by atoms with E-state index in [2.05, 4.69) is 10.3 Å². The molecule has 3 heteroatoms. The Kier molecular flexibility index (Phi) is 3.24. The van der Waals surface area contributed by atoms with Crippen LogP contribution in [0.4, 0.5) is 5.69 Å². The van der Waals surface area contributed by atoms with Crippen molar-refractivity contribution in [1.82, 2.24) is 4.98 Å². The van der Waals surface area contributed by atoms with Crippen LogP contribution >= 0.6 is 0 Å². The molecule has 0 saturated heterocycles. The quantitative estimate of drug-likeness (QED) is 0.585. The number of rotatable bonds is 2. The second kappa shape index (κ2) is 5.54. The topological polar surface area (TPSA) is 42.0 Å². The number of carbonyl (C=O) groups excluding carboxylic acids is 1. The minimum absolute atomic E-state index is 0.106. The number of nitrogens with one attached hydrogen (secondary N) is 1. The van der Waals surface area contributed by atoms with Gasteiger partial charge < -0.3 is 5.32 Å². The number of aromatic nitrogens is 1. The van der Waals surface area contributed by atoms with Gasteiger partial charge in [0.2, 0.25) is 0 Å². The minimum atomic E-state index is -0.106. The highest BCUT2D eigenvalue weighted by atomic mass is 16.1.